The van der Waals surface area contributed by atoms with Gasteiger partial charge in [-0.2, -0.15) is 4.98 Å². The van der Waals surface area contributed by atoms with Crippen LogP contribution in [0.5, 0.6) is 0 Å². The molecule has 1 aliphatic rings. The summed E-state index contributed by atoms with van der Waals surface area (Å²) in [6.07, 6.45) is 3.86. The van der Waals surface area contributed by atoms with Gasteiger partial charge in [0.05, 0.1) is 11.2 Å². The van der Waals surface area contributed by atoms with Gasteiger partial charge in [0.15, 0.2) is 0 Å². The standard InChI is InChI=1S/C21H23ClN6O6S2/c1-35(31,32)27-10-8-16(9-11-27)25-21-23-12-14-2-7-19(30)28(20(14)26-21)13-18(29)24-15-3-5-17(6-4-15)36(22,33)34/h2-7,12,16H,8-11,13H2,1H3,(H,24,29)(H,23,25,26). The van der Waals surface area contributed by atoms with Crippen LogP contribution in [0.25, 0.3) is 11.0 Å². The molecular formula is C21H23ClN6O6S2. The summed E-state index contributed by atoms with van der Waals surface area (Å²) in [6, 6.07) is 8.11. The first-order valence-corrected chi connectivity index (χ1v) is 15.0. The minimum atomic E-state index is -3.89. The lowest BCUT2D eigenvalue weighted by atomic mass is 10.1. The fraction of sp³-hybridized carbons (Fsp3) is 0.333. The lowest BCUT2D eigenvalue weighted by Crippen LogP contribution is -2.42. The number of benzene rings is 1. The zero-order valence-corrected chi connectivity index (χ0v) is 21.5. The molecule has 1 aromatic carbocycles. The van der Waals surface area contributed by atoms with Crippen molar-refractivity contribution < 1.29 is 21.6 Å². The van der Waals surface area contributed by atoms with E-state index >= 15 is 0 Å². The number of hydrogen-bond acceptors (Lipinski definition) is 9. The normalized spacial score (nSPS) is 15.6. The lowest BCUT2D eigenvalue weighted by molar-refractivity contribution is -0.116. The molecular weight excluding hydrogens is 532 g/mol. The number of hydrogen-bond donors (Lipinski definition) is 2. The van der Waals surface area contributed by atoms with Gasteiger partial charge in [0.1, 0.15) is 12.2 Å². The number of carbonyl (C=O) groups excluding carboxylic acids is 1. The smallest absolute Gasteiger partial charge is 0.261 e. The van der Waals surface area contributed by atoms with Crippen LogP contribution in [0.4, 0.5) is 11.6 Å². The molecule has 0 saturated carbocycles. The Morgan fingerprint density at radius 3 is 2.36 bits per heavy atom. The van der Waals surface area contributed by atoms with Crippen LogP contribution in [0, 0.1) is 0 Å². The number of fused-ring (bicyclic) bond motifs is 1. The maximum atomic E-state index is 12.6. The molecule has 0 radical (unpaired) electrons. The molecule has 3 heterocycles. The number of amides is 1. The molecule has 1 fully saturated rings. The summed E-state index contributed by atoms with van der Waals surface area (Å²) in [4.78, 5) is 33.8. The summed E-state index contributed by atoms with van der Waals surface area (Å²) in [5.41, 5.74) is 0.148. The molecule has 36 heavy (non-hydrogen) atoms. The number of nitrogens with zero attached hydrogens (tertiary/aromatic N) is 4. The quantitative estimate of drug-likeness (QED) is 0.409. The number of anilines is 2. The number of piperidine rings is 1. The minimum absolute atomic E-state index is 0.0487. The minimum Gasteiger partial charge on any atom is -0.351 e. The van der Waals surface area contributed by atoms with E-state index in [1.165, 1.54) is 51.7 Å². The van der Waals surface area contributed by atoms with Crippen LogP contribution in [0.1, 0.15) is 12.8 Å². The molecule has 0 bridgehead atoms. The lowest BCUT2D eigenvalue weighted by Gasteiger charge is -2.30. The van der Waals surface area contributed by atoms with Crippen molar-refractivity contribution in [3.05, 3.63) is 52.9 Å². The van der Waals surface area contributed by atoms with E-state index in [0.717, 1.165) is 0 Å². The molecule has 0 aliphatic carbocycles. The molecule has 2 N–H and O–H groups in total. The number of sulfonamides is 1. The van der Waals surface area contributed by atoms with E-state index in [4.69, 9.17) is 10.7 Å². The molecule has 2 aromatic heterocycles. The number of carbonyl (C=O) groups is 1. The molecule has 1 amide bonds. The zero-order valence-electron chi connectivity index (χ0n) is 19.1. The average molecular weight is 555 g/mol. The Balaban J connectivity index is 1.50. The topological polar surface area (TPSA) is 160 Å². The average Bonchev–Trinajstić information content (AvgIpc) is 2.80. The Hall–Kier alpha value is -3.07. The van der Waals surface area contributed by atoms with Crippen molar-refractivity contribution in [2.45, 2.75) is 30.3 Å². The van der Waals surface area contributed by atoms with Gasteiger partial charge in [-0.05, 0) is 43.2 Å². The van der Waals surface area contributed by atoms with Crippen molar-refractivity contribution in [1.82, 2.24) is 18.8 Å². The van der Waals surface area contributed by atoms with E-state index in [0.29, 0.717) is 37.0 Å². The Kier molecular flexibility index (Phi) is 7.31. The van der Waals surface area contributed by atoms with Gasteiger partial charge in [0, 0.05) is 53.2 Å². The molecule has 192 valence electrons. The van der Waals surface area contributed by atoms with Crippen LogP contribution in [0.2, 0.25) is 0 Å². The summed E-state index contributed by atoms with van der Waals surface area (Å²) >= 11 is 0. The van der Waals surface area contributed by atoms with Crippen molar-refractivity contribution in [3.63, 3.8) is 0 Å². The highest BCUT2D eigenvalue weighted by Gasteiger charge is 2.25. The Bertz CT molecular complexity index is 1570. The third-order valence-electron chi connectivity index (χ3n) is 5.70. The maximum absolute atomic E-state index is 12.6. The van der Waals surface area contributed by atoms with Crippen LogP contribution in [0.3, 0.4) is 0 Å². The molecule has 0 spiro atoms. The van der Waals surface area contributed by atoms with Crippen molar-refractivity contribution in [2.75, 3.05) is 30.0 Å². The molecule has 15 heteroatoms. The molecule has 12 nitrogen and oxygen atoms in total. The van der Waals surface area contributed by atoms with Crippen molar-refractivity contribution in [2.24, 2.45) is 0 Å². The van der Waals surface area contributed by atoms with Crippen LogP contribution in [-0.2, 0) is 30.4 Å². The summed E-state index contributed by atoms with van der Waals surface area (Å²) < 4.78 is 48.8. The van der Waals surface area contributed by atoms with Crippen LogP contribution >= 0.6 is 10.7 Å². The molecule has 1 aliphatic heterocycles. The molecule has 1 saturated heterocycles. The van der Waals surface area contributed by atoms with Crippen LogP contribution in [0.15, 0.2) is 52.3 Å². The molecule has 3 aromatic rings. The monoisotopic (exact) mass is 554 g/mol. The summed E-state index contributed by atoms with van der Waals surface area (Å²) in [5.74, 6) is -0.259. The first kappa shape index (κ1) is 26.0. The van der Waals surface area contributed by atoms with E-state index in [1.54, 1.807) is 6.07 Å². The molecule has 0 atom stereocenters. The number of nitrogens with one attached hydrogen (secondary N) is 2. The van der Waals surface area contributed by atoms with Crippen molar-refractivity contribution >= 4 is 58.3 Å². The third-order valence-corrected chi connectivity index (χ3v) is 8.37. The Labute approximate surface area is 211 Å². The second kappa shape index (κ2) is 10.1. The Morgan fingerprint density at radius 2 is 1.75 bits per heavy atom. The van der Waals surface area contributed by atoms with Crippen LogP contribution in [-0.4, -0.2) is 67.0 Å². The predicted octanol–water partition coefficient (Wildman–Crippen LogP) is 1.19. The highest BCUT2D eigenvalue weighted by molar-refractivity contribution is 8.13. The Morgan fingerprint density at radius 1 is 1.08 bits per heavy atom. The third kappa shape index (κ3) is 6.19. The maximum Gasteiger partial charge on any atom is 0.261 e. The highest BCUT2D eigenvalue weighted by atomic mass is 35.7. The van der Waals surface area contributed by atoms with Gasteiger partial charge >= 0.3 is 0 Å². The predicted molar refractivity (Wildman–Crippen MR) is 135 cm³/mol. The summed E-state index contributed by atoms with van der Waals surface area (Å²) in [5, 5.41) is 6.34. The van der Waals surface area contributed by atoms with Gasteiger partial charge in [0.25, 0.3) is 14.6 Å². The largest absolute Gasteiger partial charge is 0.351 e. The fourth-order valence-electron chi connectivity index (χ4n) is 3.85. The second-order valence-electron chi connectivity index (χ2n) is 8.32. The van der Waals surface area contributed by atoms with Gasteiger partial charge in [-0.15, -0.1) is 0 Å². The number of halogens is 1. The van der Waals surface area contributed by atoms with Gasteiger partial charge in [-0.25, -0.2) is 26.1 Å². The van der Waals surface area contributed by atoms with Gasteiger partial charge in [-0.3, -0.25) is 14.2 Å². The van der Waals surface area contributed by atoms with E-state index in [1.807, 2.05) is 0 Å². The molecule has 0 unspecified atom stereocenters. The summed E-state index contributed by atoms with van der Waals surface area (Å²) in [6.45, 7) is 0.425. The number of pyridine rings is 1. The number of aromatic nitrogens is 3. The highest BCUT2D eigenvalue weighted by Crippen LogP contribution is 2.19. The van der Waals surface area contributed by atoms with E-state index in [9.17, 15) is 26.4 Å². The van der Waals surface area contributed by atoms with Crippen LogP contribution < -0.4 is 16.2 Å². The van der Waals surface area contributed by atoms with Gasteiger partial charge in [0.2, 0.25) is 21.9 Å². The zero-order chi connectivity index (χ0) is 26.1. The van der Waals surface area contributed by atoms with E-state index < -0.39 is 30.5 Å². The van der Waals surface area contributed by atoms with Gasteiger partial charge < -0.3 is 10.6 Å². The van der Waals surface area contributed by atoms with E-state index in [2.05, 4.69) is 20.6 Å². The first-order chi connectivity index (χ1) is 16.9. The number of rotatable bonds is 7. The molecule has 4 rings (SSSR count). The van der Waals surface area contributed by atoms with Crippen molar-refractivity contribution in [1.29, 1.82) is 0 Å². The van der Waals surface area contributed by atoms with Crippen molar-refractivity contribution in [3.8, 4) is 0 Å². The van der Waals surface area contributed by atoms with Gasteiger partial charge in [-0.1, -0.05) is 0 Å². The first-order valence-electron chi connectivity index (χ1n) is 10.8. The second-order valence-corrected chi connectivity index (χ2v) is 12.9. The summed E-state index contributed by atoms with van der Waals surface area (Å²) in [7, 11) is -1.83. The SMILES string of the molecule is CS(=O)(=O)N1CCC(Nc2ncc3ccc(=O)n(CC(=O)Nc4ccc(S(=O)(=O)Cl)cc4)c3n2)CC1. The van der Waals surface area contributed by atoms with E-state index in [-0.39, 0.29) is 29.1 Å². The fourth-order valence-corrected chi connectivity index (χ4v) is 5.50.